The number of sulfonamides is 1. The second-order valence-corrected chi connectivity index (χ2v) is 12.8. The van der Waals surface area contributed by atoms with Crippen LogP contribution >= 0.6 is 11.6 Å². The summed E-state index contributed by atoms with van der Waals surface area (Å²) in [6.07, 6.45) is 0.257. The van der Waals surface area contributed by atoms with Crippen LogP contribution in [0.5, 0.6) is 0 Å². The topological polar surface area (TPSA) is 86.8 Å². The van der Waals surface area contributed by atoms with Crippen LogP contribution in [0.4, 0.5) is 0 Å². The highest BCUT2D eigenvalue weighted by molar-refractivity contribution is 7.89. The minimum Gasteiger partial charge on any atom is -0.352 e. The summed E-state index contributed by atoms with van der Waals surface area (Å²) in [7, 11) is -2.62. The van der Waals surface area contributed by atoms with Crippen LogP contribution in [-0.2, 0) is 32.6 Å². The Balaban J connectivity index is 1.67. The molecule has 0 aromatic heterocycles. The average Bonchev–Trinajstić information content (AvgIpc) is 2.94. The van der Waals surface area contributed by atoms with Crippen LogP contribution in [0, 0.1) is 0 Å². The minimum absolute atomic E-state index is 0.0757. The van der Waals surface area contributed by atoms with Crippen LogP contribution in [0.15, 0.2) is 102 Å². The van der Waals surface area contributed by atoms with E-state index in [-0.39, 0.29) is 29.8 Å². The molecule has 214 valence electrons. The minimum atomic E-state index is -4.00. The molecule has 0 radical (unpaired) electrons. The number of hydrogen-bond acceptors (Lipinski definition) is 4. The molecule has 1 atom stereocenters. The number of nitrogens with zero attached hydrogens (tertiary/aromatic N) is 2. The van der Waals surface area contributed by atoms with Crippen LogP contribution in [0.3, 0.4) is 0 Å². The summed E-state index contributed by atoms with van der Waals surface area (Å²) in [4.78, 5) is 29.0. The molecular weight excluding hydrogens is 558 g/mol. The summed E-state index contributed by atoms with van der Waals surface area (Å²) in [5.74, 6) is -0.823. The molecule has 4 rings (SSSR count). The molecule has 0 heterocycles. The van der Waals surface area contributed by atoms with Crippen molar-refractivity contribution in [3.63, 3.8) is 0 Å². The number of amides is 2. The van der Waals surface area contributed by atoms with Crippen LogP contribution in [-0.4, -0.2) is 55.1 Å². The zero-order valence-corrected chi connectivity index (χ0v) is 24.9. The molecule has 0 bridgehead atoms. The van der Waals surface area contributed by atoms with Crippen LogP contribution < -0.4 is 5.32 Å². The first-order chi connectivity index (χ1) is 19.5. The summed E-state index contributed by atoms with van der Waals surface area (Å²) in [5.41, 5.74) is 1.60. The third kappa shape index (κ3) is 7.73. The maximum atomic E-state index is 14.0. The summed E-state index contributed by atoms with van der Waals surface area (Å²) in [5, 5.41) is 5.12. The van der Waals surface area contributed by atoms with Gasteiger partial charge in [-0.25, -0.2) is 8.42 Å². The number of fused-ring (bicyclic) bond motifs is 1. The van der Waals surface area contributed by atoms with E-state index in [9.17, 15) is 18.0 Å². The Bertz CT molecular complexity index is 1630. The van der Waals surface area contributed by atoms with E-state index in [2.05, 4.69) is 5.32 Å². The van der Waals surface area contributed by atoms with Crippen molar-refractivity contribution in [2.45, 2.75) is 43.8 Å². The second-order valence-electron chi connectivity index (χ2n) is 10.3. The number of rotatable bonds is 11. The molecule has 4 aromatic carbocycles. The molecule has 0 aliphatic rings. The van der Waals surface area contributed by atoms with E-state index in [1.807, 2.05) is 74.5 Å². The molecule has 0 aliphatic heterocycles. The monoisotopic (exact) mass is 591 g/mol. The first-order valence-electron chi connectivity index (χ1n) is 13.4. The zero-order chi connectivity index (χ0) is 29.6. The molecule has 0 saturated carbocycles. The van der Waals surface area contributed by atoms with Crippen LogP contribution in [0.25, 0.3) is 10.8 Å². The molecule has 9 heteroatoms. The van der Waals surface area contributed by atoms with E-state index in [1.54, 1.807) is 30.3 Å². The lowest BCUT2D eigenvalue weighted by molar-refractivity contribution is -0.141. The van der Waals surface area contributed by atoms with Gasteiger partial charge in [-0.3, -0.25) is 9.59 Å². The van der Waals surface area contributed by atoms with Gasteiger partial charge in [0.15, 0.2) is 0 Å². The molecule has 41 heavy (non-hydrogen) atoms. The average molecular weight is 592 g/mol. The molecule has 1 N–H and O–H groups in total. The van der Waals surface area contributed by atoms with E-state index >= 15 is 0 Å². The summed E-state index contributed by atoms with van der Waals surface area (Å²) >= 11 is 6.23. The zero-order valence-electron chi connectivity index (χ0n) is 23.3. The predicted molar refractivity (Wildman–Crippen MR) is 163 cm³/mol. The first kappa shape index (κ1) is 30.2. The Hall–Kier alpha value is -3.72. The van der Waals surface area contributed by atoms with E-state index in [0.29, 0.717) is 5.02 Å². The number of likely N-dealkylation sites (N-methyl/N-ethyl adjacent to an activating group) is 1. The number of nitrogens with one attached hydrogen (secondary N) is 1. The third-order valence-corrected chi connectivity index (χ3v) is 8.77. The van der Waals surface area contributed by atoms with Gasteiger partial charge in [-0.1, -0.05) is 84.4 Å². The predicted octanol–water partition coefficient (Wildman–Crippen LogP) is 5.28. The fourth-order valence-corrected chi connectivity index (χ4v) is 6.01. The normalized spacial score (nSPS) is 12.4. The second kappa shape index (κ2) is 13.3. The van der Waals surface area contributed by atoms with Gasteiger partial charge in [-0.15, -0.1) is 0 Å². The summed E-state index contributed by atoms with van der Waals surface area (Å²) < 4.78 is 28.1. The quantitative estimate of drug-likeness (QED) is 0.257. The lowest BCUT2D eigenvalue weighted by Gasteiger charge is -2.33. The number of benzene rings is 4. The standard InChI is InChI=1S/C32H34ClN3O4S/c1-23(2)34-32(38)30(19-24-10-5-4-6-11-24)36(21-25-12-9-15-28(33)18-25)31(37)22-35(3)41(39,40)29-17-16-26-13-7-8-14-27(26)20-29/h4-18,20,23,30H,19,21-22H2,1-3H3,(H,34,38). The molecule has 0 saturated heterocycles. The van der Waals surface area contributed by atoms with Gasteiger partial charge in [0.05, 0.1) is 11.4 Å². The third-order valence-electron chi connectivity index (χ3n) is 6.73. The van der Waals surface area contributed by atoms with E-state index in [1.165, 1.54) is 18.0 Å². The SMILES string of the molecule is CC(C)NC(=O)C(Cc1ccccc1)N(Cc1cccc(Cl)c1)C(=O)CN(C)S(=O)(=O)c1ccc2ccccc2c1. The lowest BCUT2D eigenvalue weighted by Crippen LogP contribution is -2.53. The molecule has 4 aromatic rings. The molecule has 0 spiro atoms. The maximum Gasteiger partial charge on any atom is 0.243 e. The number of halogens is 1. The summed E-state index contributed by atoms with van der Waals surface area (Å²) in [6, 6.07) is 27.8. The van der Waals surface area contributed by atoms with Crippen molar-refractivity contribution in [1.82, 2.24) is 14.5 Å². The fourth-order valence-electron chi connectivity index (χ4n) is 4.64. The molecule has 0 aliphatic carbocycles. The van der Waals surface area contributed by atoms with Gasteiger partial charge in [0, 0.05) is 31.1 Å². The Kier molecular flexibility index (Phi) is 9.81. The van der Waals surface area contributed by atoms with Crippen molar-refractivity contribution in [3.05, 3.63) is 113 Å². The maximum absolute atomic E-state index is 14.0. The van der Waals surface area contributed by atoms with Gasteiger partial charge >= 0.3 is 0 Å². The number of carbonyl (C=O) groups excluding carboxylic acids is 2. The van der Waals surface area contributed by atoms with Gasteiger partial charge in [0.2, 0.25) is 21.8 Å². The smallest absolute Gasteiger partial charge is 0.243 e. The Morgan fingerprint density at radius 2 is 1.49 bits per heavy atom. The number of hydrogen-bond donors (Lipinski definition) is 1. The molecule has 0 fully saturated rings. The van der Waals surface area contributed by atoms with Crippen molar-refractivity contribution in [2.24, 2.45) is 0 Å². The Morgan fingerprint density at radius 3 is 2.17 bits per heavy atom. The van der Waals surface area contributed by atoms with Gasteiger partial charge < -0.3 is 10.2 Å². The molecule has 1 unspecified atom stereocenters. The molecule has 7 nitrogen and oxygen atoms in total. The largest absolute Gasteiger partial charge is 0.352 e. The van der Waals surface area contributed by atoms with Crippen molar-refractivity contribution in [3.8, 4) is 0 Å². The van der Waals surface area contributed by atoms with Crippen molar-refractivity contribution in [1.29, 1.82) is 0 Å². The van der Waals surface area contributed by atoms with Crippen molar-refractivity contribution >= 4 is 44.2 Å². The van der Waals surface area contributed by atoms with Crippen LogP contribution in [0.2, 0.25) is 5.02 Å². The lowest BCUT2D eigenvalue weighted by atomic mass is 10.0. The highest BCUT2D eigenvalue weighted by Crippen LogP contribution is 2.23. The van der Waals surface area contributed by atoms with E-state index < -0.39 is 28.5 Å². The van der Waals surface area contributed by atoms with Gasteiger partial charge in [-0.2, -0.15) is 4.31 Å². The highest BCUT2D eigenvalue weighted by atomic mass is 35.5. The van der Waals surface area contributed by atoms with Crippen molar-refractivity contribution in [2.75, 3.05) is 13.6 Å². The van der Waals surface area contributed by atoms with Gasteiger partial charge in [0.1, 0.15) is 6.04 Å². The number of carbonyl (C=O) groups is 2. The van der Waals surface area contributed by atoms with Crippen molar-refractivity contribution < 1.29 is 18.0 Å². The van der Waals surface area contributed by atoms with Gasteiger partial charge in [0.25, 0.3) is 0 Å². The molecule has 2 amide bonds. The van der Waals surface area contributed by atoms with Crippen LogP contribution in [0.1, 0.15) is 25.0 Å². The van der Waals surface area contributed by atoms with Gasteiger partial charge in [-0.05, 0) is 60.0 Å². The highest BCUT2D eigenvalue weighted by Gasteiger charge is 2.33. The molecular formula is C32H34ClN3O4S. The Morgan fingerprint density at radius 1 is 0.829 bits per heavy atom. The fraction of sp³-hybridized carbons (Fsp3) is 0.250. The van der Waals surface area contributed by atoms with E-state index in [4.69, 9.17) is 11.6 Å². The summed E-state index contributed by atoms with van der Waals surface area (Å²) in [6.45, 7) is 3.33. The Labute approximate surface area is 246 Å². The van der Waals surface area contributed by atoms with E-state index in [0.717, 1.165) is 26.2 Å². The first-order valence-corrected chi connectivity index (χ1v) is 15.2.